The molecule has 1 fully saturated rings. The largest absolute Gasteiger partial charge is 0.493 e. The summed E-state index contributed by atoms with van der Waals surface area (Å²) in [6, 6.07) is 15.9. The van der Waals surface area contributed by atoms with Crippen molar-refractivity contribution >= 4 is 11.8 Å². The topological polar surface area (TPSA) is 59.1 Å². The highest BCUT2D eigenvalue weighted by Gasteiger charge is 2.24. The fourth-order valence-corrected chi connectivity index (χ4v) is 3.81. The van der Waals surface area contributed by atoms with Crippen molar-refractivity contribution < 1.29 is 19.1 Å². The number of hydrogen-bond donors (Lipinski definition) is 0. The Kier molecular flexibility index (Phi) is 8.72. The van der Waals surface area contributed by atoms with Crippen LogP contribution in [0.5, 0.6) is 11.5 Å². The van der Waals surface area contributed by atoms with Crippen molar-refractivity contribution in [3.63, 3.8) is 0 Å². The minimum Gasteiger partial charge on any atom is -0.493 e. The molecule has 3 rings (SSSR count). The molecule has 0 spiro atoms. The number of carbonyl (C=O) groups excluding carboxylic acids is 2. The summed E-state index contributed by atoms with van der Waals surface area (Å²) < 4.78 is 11.1. The summed E-state index contributed by atoms with van der Waals surface area (Å²) in [5.74, 6) is 1.22. The van der Waals surface area contributed by atoms with E-state index in [1.165, 1.54) is 5.56 Å². The van der Waals surface area contributed by atoms with E-state index in [1.54, 1.807) is 12.0 Å². The molecule has 0 bridgehead atoms. The number of allylic oxidation sites excluding steroid dienone is 1. The molecule has 2 aromatic carbocycles. The molecule has 1 heterocycles. The van der Waals surface area contributed by atoms with E-state index in [4.69, 9.17) is 9.47 Å². The molecule has 32 heavy (non-hydrogen) atoms. The van der Waals surface area contributed by atoms with Gasteiger partial charge in [0.05, 0.1) is 7.11 Å². The van der Waals surface area contributed by atoms with Crippen LogP contribution in [0.25, 0.3) is 0 Å². The maximum absolute atomic E-state index is 12.6. The van der Waals surface area contributed by atoms with E-state index in [0.717, 1.165) is 24.8 Å². The van der Waals surface area contributed by atoms with Crippen LogP contribution in [0.2, 0.25) is 0 Å². The molecule has 0 unspecified atom stereocenters. The molecule has 0 aromatic heterocycles. The molecule has 6 nitrogen and oxygen atoms in total. The van der Waals surface area contributed by atoms with Gasteiger partial charge in [-0.3, -0.25) is 9.59 Å². The van der Waals surface area contributed by atoms with Crippen LogP contribution in [0.1, 0.15) is 24.0 Å². The van der Waals surface area contributed by atoms with Crippen LogP contribution in [0.15, 0.2) is 61.2 Å². The number of nitrogens with zero attached hydrogens (tertiary/aromatic N) is 2. The average molecular weight is 437 g/mol. The van der Waals surface area contributed by atoms with Crippen LogP contribution in [0, 0.1) is 0 Å². The van der Waals surface area contributed by atoms with E-state index in [0.29, 0.717) is 44.1 Å². The van der Waals surface area contributed by atoms with Gasteiger partial charge in [-0.05, 0) is 42.5 Å². The second-order valence-corrected chi connectivity index (χ2v) is 7.87. The number of piperazine rings is 1. The summed E-state index contributed by atoms with van der Waals surface area (Å²) in [4.78, 5) is 28.7. The molecule has 170 valence electrons. The predicted molar refractivity (Wildman–Crippen MR) is 125 cm³/mol. The third-order valence-electron chi connectivity index (χ3n) is 5.64. The lowest BCUT2D eigenvalue weighted by Gasteiger charge is -2.34. The first-order chi connectivity index (χ1) is 15.6. The summed E-state index contributed by atoms with van der Waals surface area (Å²) in [7, 11) is 1.58. The van der Waals surface area contributed by atoms with Crippen LogP contribution < -0.4 is 9.47 Å². The van der Waals surface area contributed by atoms with Gasteiger partial charge in [0.1, 0.15) is 0 Å². The smallest absolute Gasteiger partial charge is 0.260 e. The number of benzene rings is 2. The minimum atomic E-state index is -0.0848. The van der Waals surface area contributed by atoms with Crippen LogP contribution >= 0.6 is 0 Å². The minimum absolute atomic E-state index is 0.0534. The Morgan fingerprint density at radius 3 is 2.28 bits per heavy atom. The van der Waals surface area contributed by atoms with Gasteiger partial charge in [-0.15, -0.1) is 6.58 Å². The SMILES string of the molecule is C=CCc1ccc(OCC(=O)N2CCN(C(=O)CCCc3ccccc3)CC2)c(OC)c1. The van der Waals surface area contributed by atoms with E-state index < -0.39 is 0 Å². The molecule has 0 aliphatic carbocycles. The molecular weight excluding hydrogens is 404 g/mol. The number of aryl methyl sites for hydroxylation is 1. The lowest BCUT2D eigenvalue weighted by atomic mass is 10.1. The van der Waals surface area contributed by atoms with Crippen molar-refractivity contribution in [2.45, 2.75) is 25.7 Å². The quantitative estimate of drug-likeness (QED) is 0.535. The Labute approximate surface area is 190 Å². The van der Waals surface area contributed by atoms with Crippen molar-refractivity contribution in [1.29, 1.82) is 0 Å². The first kappa shape index (κ1) is 23.4. The number of ether oxygens (including phenoxy) is 2. The van der Waals surface area contributed by atoms with Crippen LogP contribution in [0.3, 0.4) is 0 Å². The lowest BCUT2D eigenvalue weighted by molar-refractivity contribution is -0.140. The zero-order chi connectivity index (χ0) is 22.8. The first-order valence-electron chi connectivity index (χ1n) is 11.1. The highest BCUT2D eigenvalue weighted by molar-refractivity contribution is 5.79. The monoisotopic (exact) mass is 436 g/mol. The summed E-state index contributed by atoms with van der Waals surface area (Å²) in [6.07, 6.45) is 4.84. The van der Waals surface area contributed by atoms with E-state index in [-0.39, 0.29) is 18.4 Å². The van der Waals surface area contributed by atoms with Crippen molar-refractivity contribution in [2.75, 3.05) is 39.9 Å². The van der Waals surface area contributed by atoms with Crippen LogP contribution in [-0.4, -0.2) is 61.5 Å². The Hall–Kier alpha value is -3.28. The van der Waals surface area contributed by atoms with Gasteiger partial charge >= 0.3 is 0 Å². The summed E-state index contributed by atoms with van der Waals surface area (Å²) >= 11 is 0. The van der Waals surface area contributed by atoms with Gasteiger partial charge in [-0.25, -0.2) is 0 Å². The molecule has 2 amide bonds. The number of hydrogen-bond acceptors (Lipinski definition) is 4. The van der Waals surface area contributed by atoms with Gasteiger partial charge in [0, 0.05) is 32.6 Å². The molecule has 1 saturated heterocycles. The van der Waals surface area contributed by atoms with Crippen molar-refractivity contribution in [1.82, 2.24) is 9.80 Å². The number of carbonyl (C=O) groups is 2. The van der Waals surface area contributed by atoms with Gasteiger partial charge in [0.2, 0.25) is 5.91 Å². The Bertz CT molecular complexity index is 905. The molecule has 0 atom stereocenters. The second kappa shape index (κ2) is 11.9. The standard InChI is InChI=1S/C26H32N2O4/c1-3-8-22-13-14-23(24(19-22)31-2)32-20-26(30)28-17-15-27(16-18-28)25(29)12-7-11-21-9-5-4-6-10-21/h3-6,9-10,13-14,19H,1,7-8,11-12,15-18,20H2,2H3. The van der Waals surface area contributed by atoms with Crippen molar-refractivity contribution in [3.05, 3.63) is 72.3 Å². The highest BCUT2D eigenvalue weighted by atomic mass is 16.5. The molecule has 0 saturated carbocycles. The molecule has 6 heteroatoms. The third-order valence-corrected chi connectivity index (χ3v) is 5.64. The van der Waals surface area contributed by atoms with Gasteiger partial charge in [-0.2, -0.15) is 0 Å². The first-order valence-corrected chi connectivity index (χ1v) is 11.1. The van der Waals surface area contributed by atoms with E-state index in [1.807, 2.05) is 47.4 Å². The fourth-order valence-electron chi connectivity index (χ4n) is 3.81. The maximum Gasteiger partial charge on any atom is 0.260 e. The molecule has 1 aliphatic heterocycles. The van der Waals surface area contributed by atoms with Gasteiger partial charge in [0.25, 0.3) is 5.91 Å². The molecule has 0 radical (unpaired) electrons. The summed E-state index contributed by atoms with van der Waals surface area (Å²) in [5, 5.41) is 0. The maximum atomic E-state index is 12.6. The van der Waals surface area contributed by atoms with E-state index in [9.17, 15) is 9.59 Å². The third kappa shape index (κ3) is 6.61. The van der Waals surface area contributed by atoms with Gasteiger partial charge in [0.15, 0.2) is 18.1 Å². The number of amides is 2. The Balaban J connectivity index is 1.40. The predicted octanol–water partition coefficient (Wildman–Crippen LogP) is 3.50. The average Bonchev–Trinajstić information content (AvgIpc) is 2.83. The summed E-state index contributed by atoms with van der Waals surface area (Å²) in [5.41, 5.74) is 2.32. The zero-order valence-corrected chi connectivity index (χ0v) is 18.8. The molecular formula is C26H32N2O4. The molecule has 0 N–H and O–H groups in total. The van der Waals surface area contributed by atoms with Crippen molar-refractivity contribution in [3.8, 4) is 11.5 Å². The van der Waals surface area contributed by atoms with Crippen LogP contribution in [-0.2, 0) is 22.4 Å². The highest BCUT2D eigenvalue weighted by Crippen LogP contribution is 2.28. The van der Waals surface area contributed by atoms with E-state index >= 15 is 0 Å². The number of methoxy groups -OCH3 is 1. The van der Waals surface area contributed by atoms with Crippen LogP contribution in [0.4, 0.5) is 0 Å². The van der Waals surface area contributed by atoms with Crippen molar-refractivity contribution in [2.24, 2.45) is 0 Å². The van der Waals surface area contributed by atoms with E-state index in [2.05, 4.69) is 18.7 Å². The Morgan fingerprint density at radius 1 is 0.938 bits per heavy atom. The normalized spacial score (nSPS) is 13.5. The Morgan fingerprint density at radius 2 is 1.62 bits per heavy atom. The molecule has 2 aromatic rings. The number of rotatable bonds is 10. The van der Waals surface area contributed by atoms with Gasteiger partial charge < -0.3 is 19.3 Å². The summed E-state index contributed by atoms with van der Waals surface area (Å²) in [6.45, 7) is 5.88. The zero-order valence-electron chi connectivity index (χ0n) is 18.8. The second-order valence-electron chi connectivity index (χ2n) is 7.87. The van der Waals surface area contributed by atoms with Gasteiger partial charge in [-0.1, -0.05) is 42.5 Å². The lowest BCUT2D eigenvalue weighted by Crippen LogP contribution is -2.51. The fraction of sp³-hybridized carbons (Fsp3) is 0.385. The molecule has 1 aliphatic rings.